The molecule has 0 bridgehead atoms. The van der Waals surface area contributed by atoms with E-state index in [1.807, 2.05) is 0 Å². The molecule has 0 fully saturated rings. The van der Waals surface area contributed by atoms with Crippen LogP contribution in [0.25, 0.3) is 0 Å². The fourth-order valence-electron chi connectivity index (χ4n) is 2.20. The van der Waals surface area contributed by atoms with Gasteiger partial charge >= 0.3 is 0 Å². The molecule has 1 unspecified atom stereocenters. The van der Waals surface area contributed by atoms with Gasteiger partial charge in [0.1, 0.15) is 0 Å². The van der Waals surface area contributed by atoms with Gasteiger partial charge in [0, 0.05) is 0 Å². The summed E-state index contributed by atoms with van der Waals surface area (Å²) < 4.78 is 0. The van der Waals surface area contributed by atoms with Crippen molar-refractivity contribution in [2.75, 3.05) is 0 Å². The van der Waals surface area contributed by atoms with Crippen LogP contribution in [0.2, 0.25) is 0 Å². The zero-order valence-corrected chi connectivity index (χ0v) is 11.1. The lowest BCUT2D eigenvalue weighted by Gasteiger charge is -2.14. The Morgan fingerprint density at radius 3 is 1.87 bits per heavy atom. The van der Waals surface area contributed by atoms with Crippen molar-refractivity contribution in [3.63, 3.8) is 0 Å². The lowest BCUT2D eigenvalue weighted by Crippen LogP contribution is -1.99. The lowest BCUT2D eigenvalue weighted by atomic mass is 9.92. The minimum absolute atomic E-state index is 1.01. The quantitative estimate of drug-likeness (QED) is 0.381. The van der Waals surface area contributed by atoms with Crippen LogP contribution in [0, 0.1) is 12.8 Å². The lowest BCUT2D eigenvalue weighted by molar-refractivity contribution is 0.396. The van der Waals surface area contributed by atoms with Crippen LogP contribution in [-0.4, -0.2) is 0 Å². The van der Waals surface area contributed by atoms with Crippen molar-refractivity contribution in [2.24, 2.45) is 5.92 Å². The maximum absolute atomic E-state index is 3.89. The van der Waals surface area contributed by atoms with E-state index >= 15 is 0 Å². The first-order valence-electron chi connectivity index (χ1n) is 7.14. The standard InChI is InChI=1S/C15H31/c1-4-7-9-11-13-15(6-3)14-12-10-8-5-2/h15H,1,4-14H2,2-3H3. The largest absolute Gasteiger partial charge is 0.0654 e. The molecule has 0 rings (SSSR count). The molecule has 0 aliphatic heterocycles. The van der Waals surface area contributed by atoms with Gasteiger partial charge in [0.25, 0.3) is 0 Å². The van der Waals surface area contributed by atoms with Gasteiger partial charge < -0.3 is 0 Å². The normalized spacial score (nSPS) is 11.2. The summed E-state index contributed by atoms with van der Waals surface area (Å²) in [5.74, 6) is 1.01. The molecule has 1 atom stereocenters. The van der Waals surface area contributed by atoms with E-state index in [0.29, 0.717) is 0 Å². The molecule has 0 aromatic rings. The summed E-state index contributed by atoms with van der Waals surface area (Å²) in [4.78, 5) is 0. The molecule has 1 radical (unpaired) electrons. The SMILES string of the molecule is [CH2]CCCCCC(CC)CCCCCC. The van der Waals surface area contributed by atoms with Crippen molar-refractivity contribution in [3.8, 4) is 0 Å². The van der Waals surface area contributed by atoms with E-state index in [1.165, 1.54) is 64.2 Å². The highest BCUT2D eigenvalue weighted by molar-refractivity contribution is 4.58. The fraction of sp³-hybridized carbons (Fsp3) is 0.933. The highest BCUT2D eigenvalue weighted by Gasteiger charge is 2.05. The van der Waals surface area contributed by atoms with Gasteiger partial charge in [0.15, 0.2) is 0 Å². The van der Waals surface area contributed by atoms with Gasteiger partial charge in [-0.2, -0.15) is 0 Å². The van der Waals surface area contributed by atoms with E-state index in [0.717, 1.165) is 12.3 Å². The molecule has 0 heteroatoms. The maximum atomic E-state index is 3.89. The molecule has 0 aliphatic carbocycles. The Hall–Kier alpha value is 0. The number of hydrogen-bond acceptors (Lipinski definition) is 0. The van der Waals surface area contributed by atoms with E-state index < -0.39 is 0 Å². The molecule has 0 saturated carbocycles. The van der Waals surface area contributed by atoms with Gasteiger partial charge in [-0.3, -0.25) is 0 Å². The van der Waals surface area contributed by atoms with Crippen molar-refractivity contribution in [1.29, 1.82) is 0 Å². The first kappa shape index (κ1) is 15.0. The van der Waals surface area contributed by atoms with E-state index in [4.69, 9.17) is 0 Å². The van der Waals surface area contributed by atoms with E-state index in [9.17, 15) is 0 Å². The van der Waals surface area contributed by atoms with Gasteiger partial charge in [0.05, 0.1) is 0 Å². The van der Waals surface area contributed by atoms with Crippen molar-refractivity contribution >= 4 is 0 Å². The highest BCUT2D eigenvalue weighted by Crippen LogP contribution is 2.20. The summed E-state index contributed by atoms with van der Waals surface area (Å²) in [5.41, 5.74) is 0. The van der Waals surface area contributed by atoms with E-state index in [1.54, 1.807) is 0 Å². The van der Waals surface area contributed by atoms with Crippen LogP contribution < -0.4 is 0 Å². The van der Waals surface area contributed by atoms with Crippen molar-refractivity contribution in [3.05, 3.63) is 6.92 Å². The van der Waals surface area contributed by atoms with Crippen LogP contribution in [0.15, 0.2) is 0 Å². The Morgan fingerprint density at radius 2 is 1.40 bits per heavy atom. The second kappa shape index (κ2) is 12.1. The summed E-state index contributed by atoms with van der Waals surface area (Å²) in [7, 11) is 0. The summed E-state index contributed by atoms with van der Waals surface area (Å²) in [6.07, 6.45) is 15.3. The van der Waals surface area contributed by atoms with Gasteiger partial charge in [-0.05, 0) is 5.92 Å². The van der Waals surface area contributed by atoms with Crippen LogP contribution in [0.5, 0.6) is 0 Å². The molecule has 0 amide bonds. The van der Waals surface area contributed by atoms with Crippen molar-refractivity contribution in [2.45, 2.75) is 84.5 Å². The van der Waals surface area contributed by atoms with E-state index in [-0.39, 0.29) is 0 Å². The van der Waals surface area contributed by atoms with Crippen LogP contribution in [0.1, 0.15) is 84.5 Å². The van der Waals surface area contributed by atoms with Crippen molar-refractivity contribution in [1.82, 2.24) is 0 Å². The van der Waals surface area contributed by atoms with Crippen LogP contribution in [0.3, 0.4) is 0 Å². The zero-order chi connectivity index (χ0) is 11.4. The predicted molar refractivity (Wildman–Crippen MR) is 71.0 cm³/mol. The van der Waals surface area contributed by atoms with Gasteiger partial charge in [-0.25, -0.2) is 0 Å². The monoisotopic (exact) mass is 211 g/mol. The molecule has 0 nitrogen and oxygen atoms in total. The molecule has 0 aliphatic rings. The van der Waals surface area contributed by atoms with Crippen molar-refractivity contribution < 1.29 is 0 Å². The van der Waals surface area contributed by atoms with Crippen LogP contribution >= 0.6 is 0 Å². The Labute approximate surface area is 97.8 Å². The first-order chi connectivity index (χ1) is 7.35. The summed E-state index contributed by atoms with van der Waals surface area (Å²) in [6.45, 7) is 8.53. The summed E-state index contributed by atoms with van der Waals surface area (Å²) in [5, 5.41) is 0. The second-order valence-corrected chi connectivity index (χ2v) is 4.83. The molecule has 15 heavy (non-hydrogen) atoms. The molecule has 0 N–H and O–H groups in total. The zero-order valence-electron chi connectivity index (χ0n) is 11.1. The maximum Gasteiger partial charge on any atom is -0.0417 e. The minimum Gasteiger partial charge on any atom is -0.0654 e. The molecule has 91 valence electrons. The first-order valence-corrected chi connectivity index (χ1v) is 7.14. The van der Waals surface area contributed by atoms with Crippen LogP contribution in [-0.2, 0) is 0 Å². The Morgan fingerprint density at radius 1 is 0.800 bits per heavy atom. The van der Waals surface area contributed by atoms with Gasteiger partial charge in [0.2, 0.25) is 0 Å². The third kappa shape index (κ3) is 10.3. The minimum atomic E-state index is 1.01. The Kier molecular flexibility index (Phi) is 12.1. The molecule has 0 aromatic carbocycles. The summed E-state index contributed by atoms with van der Waals surface area (Å²) >= 11 is 0. The van der Waals surface area contributed by atoms with Gasteiger partial charge in [-0.1, -0.05) is 91.4 Å². The third-order valence-electron chi connectivity index (χ3n) is 3.41. The second-order valence-electron chi connectivity index (χ2n) is 4.83. The Balaban J connectivity index is 3.29. The number of hydrogen-bond donors (Lipinski definition) is 0. The Bertz CT molecular complexity index is 94.6. The number of rotatable bonds is 11. The van der Waals surface area contributed by atoms with Gasteiger partial charge in [-0.15, -0.1) is 0 Å². The molecular weight excluding hydrogens is 180 g/mol. The molecule has 0 aromatic heterocycles. The molecule has 0 saturated heterocycles. The third-order valence-corrected chi connectivity index (χ3v) is 3.41. The molecule has 0 heterocycles. The summed E-state index contributed by atoms with van der Waals surface area (Å²) in [6, 6.07) is 0. The predicted octanol–water partition coefficient (Wildman–Crippen LogP) is 5.77. The average Bonchev–Trinajstić information content (AvgIpc) is 2.27. The van der Waals surface area contributed by atoms with Crippen LogP contribution in [0.4, 0.5) is 0 Å². The number of unbranched alkanes of at least 4 members (excludes halogenated alkanes) is 6. The van der Waals surface area contributed by atoms with E-state index in [2.05, 4.69) is 20.8 Å². The molecular formula is C15H31. The topological polar surface area (TPSA) is 0 Å². The highest BCUT2D eigenvalue weighted by atomic mass is 14.1. The fourth-order valence-corrected chi connectivity index (χ4v) is 2.20. The average molecular weight is 211 g/mol. The molecule has 0 spiro atoms. The smallest absolute Gasteiger partial charge is 0.0417 e.